The van der Waals surface area contributed by atoms with Gasteiger partial charge in [-0.2, -0.15) is 0 Å². The Morgan fingerprint density at radius 3 is 3.09 bits per heavy atom. The van der Waals surface area contributed by atoms with E-state index in [2.05, 4.69) is 32.0 Å². The summed E-state index contributed by atoms with van der Waals surface area (Å²) in [5.74, 6) is 0.139. The molecule has 0 unspecified atom stereocenters. The van der Waals surface area contributed by atoms with E-state index in [4.69, 9.17) is 11.6 Å². The maximum Gasteiger partial charge on any atom is 0.236 e. The number of imidazole rings is 1. The Morgan fingerprint density at radius 1 is 1.48 bits per heavy atom. The van der Waals surface area contributed by atoms with E-state index in [1.165, 1.54) is 23.1 Å². The molecule has 0 spiro atoms. The van der Waals surface area contributed by atoms with Crippen molar-refractivity contribution in [3.8, 4) is 0 Å². The lowest BCUT2D eigenvalue weighted by molar-refractivity contribution is -0.113. The van der Waals surface area contributed by atoms with Crippen molar-refractivity contribution >= 4 is 56.8 Å². The average molecular weight is 368 g/mol. The predicted molar refractivity (Wildman–Crippen MR) is 94.3 cm³/mol. The van der Waals surface area contributed by atoms with E-state index in [0.29, 0.717) is 10.2 Å². The van der Waals surface area contributed by atoms with Gasteiger partial charge in [-0.05, 0) is 24.6 Å². The zero-order chi connectivity index (χ0) is 16.2. The van der Waals surface area contributed by atoms with Gasteiger partial charge in [0.25, 0.3) is 0 Å². The predicted octanol–water partition coefficient (Wildman–Crippen LogP) is 3.68. The lowest BCUT2D eigenvalue weighted by Crippen LogP contribution is -2.14. The molecule has 0 saturated heterocycles. The Balaban J connectivity index is 1.76. The normalized spacial score (nSPS) is 11.0. The van der Waals surface area contributed by atoms with Gasteiger partial charge >= 0.3 is 0 Å². The number of hydrogen-bond acceptors (Lipinski definition) is 6. The molecule has 23 heavy (non-hydrogen) atoms. The number of carbonyl (C=O) groups is 1. The molecule has 120 valence electrons. The Bertz CT molecular complexity index is 818. The summed E-state index contributed by atoms with van der Waals surface area (Å²) in [7, 11) is 0. The summed E-state index contributed by atoms with van der Waals surface area (Å²) in [5, 5.41) is 12.2. The number of thioether (sulfide) groups is 1. The zero-order valence-electron chi connectivity index (χ0n) is 12.3. The lowest BCUT2D eigenvalue weighted by atomic mass is 10.3. The van der Waals surface area contributed by atoms with Crippen molar-refractivity contribution in [3.63, 3.8) is 0 Å². The molecule has 0 saturated carbocycles. The summed E-state index contributed by atoms with van der Waals surface area (Å²) >= 11 is 8.72. The third kappa shape index (κ3) is 3.82. The van der Waals surface area contributed by atoms with E-state index in [1.807, 2.05) is 18.2 Å². The Morgan fingerprint density at radius 2 is 2.35 bits per heavy atom. The van der Waals surface area contributed by atoms with Crippen molar-refractivity contribution in [1.29, 1.82) is 0 Å². The van der Waals surface area contributed by atoms with E-state index in [9.17, 15) is 4.79 Å². The minimum atomic E-state index is -0.125. The number of nitrogens with one attached hydrogen (secondary N) is 1. The fourth-order valence-electron chi connectivity index (χ4n) is 2.14. The standard InChI is InChI=1S/C14H14ClN5OS2/c1-2-5-20-11-4-3-9(15)6-10(11)17-14(20)22-7-12(21)18-13-19-16-8-23-13/h3-4,6,8H,2,5,7H2,1H3,(H,18,19,21). The second kappa shape index (κ2) is 7.29. The first-order valence-corrected chi connectivity index (χ1v) is 9.26. The Labute approximate surface area is 146 Å². The van der Waals surface area contributed by atoms with Crippen LogP contribution >= 0.6 is 34.7 Å². The van der Waals surface area contributed by atoms with Crippen LogP contribution in [0.25, 0.3) is 11.0 Å². The largest absolute Gasteiger partial charge is 0.319 e. The number of fused-ring (bicyclic) bond motifs is 1. The van der Waals surface area contributed by atoms with Crippen molar-refractivity contribution in [1.82, 2.24) is 19.7 Å². The van der Waals surface area contributed by atoms with Crippen LogP contribution in [0.3, 0.4) is 0 Å². The number of halogens is 1. The number of aromatic nitrogens is 4. The minimum absolute atomic E-state index is 0.125. The van der Waals surface area contributed by atoms with Crippen LogP contribution in [-0.4, -0.2) is 31.4 Å². The molecule has 1 aromatic carbocycles. The summed E-state index contributed by atoms with van der Waals surface area (Å²) in [6.07, 6.45) is 0.985. The highest BCUT2D eigenvalue weighted by Crippen LogP contribution is 2.26. The molecular weight excluding hydrogens is 354 g/mol. The first kappa shape index (κ1) is 16.2. The van der Waals surface area contributed by atoms with Crippen LogP contribution in [0, 0.1) is 0 Å². The maximum absolute atomic E-state index is 12.0. The molecule has 6 nitrogen and oxygen atoms in total. The van der Waals surface area contributed by atoms with Crippen molar-refractivity contribution in [2.24, 2.45) is 0 Å². The highest BCUT2D eigenvalue weighted by molar-refractivity contribution is 7.99. The van der Waals surface area contributed by atoms with Crippen molar-refractivity contribution in [2.45, 2.75) is 25.0 Å². The van der Waals surface area contributed by atoms with Gasteiger partial charge in [0.15, 0.2) is 5.16 Å². The van der Waals surface area contributed by atoms with Crippen LogP contribution in [0.1, 0.15) is 13.3 Å². The monoisotopic (exact) mass is 367 g/mol. The molecule has 0 aliphatic rings. The fraction of sp³-hybridized carbons (Fsp3) is 0.286. The molecule has 1 amide bonds. The molecule has 2 aromatic heterocycles. The molecular formula is C14H14ClN5OS2. The summed E-state index contributed by atoms with van der Waals surface area (Å²) < 4.78 is 2.12. The zero-order valence-corrected chi connectivity index (χ0v) is 14.7. The highest BCUT2D eigenvalue weighted by atomic mass is 35.5. The topological polar surface area (TPSA) is 72.7 Å². The molecule has 9 heteroatoms. The maximum atomic E-state index is 12.0. The number of carbonyl (C=O) groups excluding carboxylic acids is 1. The van der Waals surface area contributed by atoms with Gasteiger partial charge in [-0.25, -0.2) is 4.98 Å². The van der Waals surface area contributed by atoms with Gasteiger partial charge in [0, 0.05) is 11.6 Å². The fourth-order valence-corrected chi connectivity index (χ4v) is 3.61. The van der Waals surface area contributed by atoms with E-state index in [-0.39, 0.29) is 11.7 Å². The smallest absolute Gasteiger partial charge is 0.236 e. The van der Waals surface area contributed by atoms with E-state index in [0.717, 1.165) is 29.2 Å². The van der Waals surface area contributed by atoms with E-state index < -0.39 is 0 Å². The van der Waals surface area contributed by atoms with E-state index >= 15 is 0 Å². The van der Waals surface area contributed by atoms with Gasteiger partial charge in [0.2, 0.25) is 11.0 Å². The average Bonchev–Trinajstić information content (AvgIpc) is 3.13. The first-order chi connectivity index (χ1) is 11.2. The number of anilines is 1. The van der Waals surface area contributed by atoms with Gasteiger partial charge in [0.1, 0.15) is 5.51 Å². The van der Waals surface area contributed by atoms with E-state index in [1.54, 1.807) is 5.51 Å². The number of amides is 1. The van der Waals surface area contributed by atoms with Gasteiger partial charge in [-0.3, -0.25) is 10.1 Å². The Hall–Kier alpha value is -1.64. The van der Waals surface area contributed by atoms with Crippen LogP contribution in [0.5, 0.6) is 0 Å². The summed E-state index contributed by atoms with van der Waals surface area (Å²) in [4.78, 5) is 16.6. The number of benzene rings is 1. The SMILES string of the molecule is CCCn1c(SCC(=O)Nc2nncs2)nc2cc(Cl)ccc21. The van der Waals surface area contributed by atoms with Gasteiger partial charge in [-0.1, -0.05) is 41.6 Å². The molecule has 0 bridgehead atoms. The minimum Gasteiger partial charge on any atom is -0.319 e. The number of hydrogen-bond donors (Lipinski definition) is 1. The van der Waals surface area contributed by atoms with Crippen LogP contribution in [0.15, 0.2) is 28.9 Å². The van der Waals surface area contributed by atoms with Gasteiger partial charge < -0.3 is 4.57 Å². The number of aryl methyl sites for hydroxylation is 1. The number of nitrogens with zero attached hydrogens (tertiary/aromatic N) is 4. The second-order valence-electron chi connectivity index (χ2n) is 4.76. The molecule has 0 radical (unpaired) electrons. The van der Waals surface area contributed by atoms with Crippen LogP contribution in [-0.2, 0) is 11.3 Å². The van der Waals surface area contributed by atoms with Crippen molar-refractivity contribution in [2.75, 3.05) is 11.1 Å². The van der Waals surface area contributed by atoms with Gasteiger partial charge in [0.05, 0.1) is 16.8 Å². The van der Waals surface area contributed by atoms with Crippen LogP contribution in [0.4, 0.5) is 5.13 Å². The third-order valence-corrected chi connectivity index (χ3v) is 4.88. The molecule has 3 aromatic rings. The molecule has 0 aliphatic carbocycles. The molecule has 3 rings (SSSR count). The first-order valence-electron chi connectivity index (χ1n) is 7.02. The molecule has 2 heterocycles. The second-order valence-corrected chi connectivity index (χ2v) is 6.97. The van der Waals surface area contributed by atoms with Gasteiger partial charge in [-0.15, -0.1) is 10.2 Å². The summed E-state index contributed by atoms with van der Waals surface area (Å²) in [6.45, 7) is 2.96. The quantitative estimate of drug-likeness (QED) is 0.673. The summed E-state index contributed by atoms with van der Waals surface area (Å²) in [5.41, 5.74) is 3.45. The number of rotatable bonds is 6. The summed E-state index contributed by atoms with van der Waals surface area (Å²) in [6, 6.07) is 5.66. The third-order valence-electron chi connectivity index (χ3n) is 3.06. The molecule has 1 N–H and O–H groups in total. The molecule has 0 fully saturated rings. The molecule has 0 atom stereocenters. The van der Waals surface area contributed by atoms with Crippen molar-refractivity contribution < 1.29 is 4.79 Å². The molecule has 0 aliphatic heterocycles. The highest BCUT2D eigenvalue weighted by Gasteiger charge is 2.13. The van der Waals surface area contributed by atoms with Crippen molar-refractivity contribution in [3.05, 3.63) is 28.7 Å². The lowest BCUT2D eigenvalue weighted by Gasteiger charge is -2.07. The van der Waals surface area contributed by atoms with Crippen LogP contribution in [0.2, 0.25) is 5.02 Å². The Kier molecular flexibility index (Phi) is 5.14. The van der Waals surface area contributed by atoms with Crippen LogP contribution < -0.4 is 5.32 Å².